The number of hydrogen-bond donors (Lipinski definition) is 1. The molecule has 0 saturated carbocycles. The lowest BCUT2D eigenvalue weighted by atomic mass is 10.1. The minimum atomic E-state index is -0.102. The Morgan fingerprint density at radius 2 is 1.78 bits per heavy atom. The van der Waals surface area contributed by atoms with Gasteiger partial charge in [-0.1, -0.05) is 39.0 Å². The summed E-state index contributed by atoms with van der Waals surface area (Å²) in [5.74, 6) is 0. The van der Waals surface area contributed by atoms with Crippen LogP contribution in [0.25, 0.3) is 0 Å². The van der Waals surface area contributed by atoms with Gasteiger partial charge in [0, 0.05) is 19.1 Å². The van der Waals surface area contributed by atoms with E-state index in [9.17, 15) is 5.11 Å². The van der Waals surface area contributed by atoms with Gasteiger partial charge in [-0.15, -0.1) is 0 Å². The molecule has 2 unspecified atom stereocenters. The Kier molecular flexibility index (Phi) is 7.87. The van der Waals surface area contributed by atoms with Crippen molar-refractivity contribution in [2.75, 3.05) is 33.7 Å². The molecule has 1 N–H and O–H groups in total. The van der Waals surface area contributed by atoms with E-state index in [1.54, 1.807) is 0 Å². The van der Waals surface area contributed by atoms with Crippen LogP contribution < -0.4 is 0 Å². The Morgan fingerprint density at radius 3 is 2.44 bits per heavy atom. The molecule has 1 aliphatic heterocycles. The first-order valence-corrected chi connectivity index (χ1v) is 7.70. The highest BCUT2D eigenvalue weighted by molar-refractivity contribution is 4.86. The number of aliphatic hydroxyl groups is 1. The predicted octanol–water partition coefficient (Wildman–Crippen LogP) is 2.34. The lowest BCUT2D eigenvalue weighted by Crippen LogP contribution is -2.38. The van der Waals surface area contributed by atoms with Crippen LogP contribution in [0.3, 0.4) is 0 Å². The average molecular weight is 256 g/mol. The minimum Gasteiger partial charge on any atom is -0.392 e. The second kappa shape index (κ2) is 8.89. The van der Waals surface area contributed by atoms with Crippen molar-refractivity contribution < 1.29 is 5.11 Å². The fourth-order valence-electron chi connectivity index (χ4n) is 2.94. The Balaban J connectivity index is 2.14. The van der Waals surface area contributed by atoms with Crippen LogP contribution >= 0.6 is 0 Å². The first-order valence-electron chi connectivity index (χ1n) is 7.70. The molecule has 0 aromatic carbocycles. The van der Waals surface area contributed by atoms with E-state index >= 15 is 0 Å². The van der Waals surface area contributed by atoms with Crippen LogP contribution in [-0.4, -0.2) is 60.8 Å². The summed E-state index contributed by atoms with van der Waals surface area (Å²) in [6.07, 6.45) is 8.96. The third-order valence-corrected chi connectivity index (χ3v) is 3.88. The topological polar surface area (TPSA) is 26.7 Å². The molecule has 0 aromatic heterocycles. The molecule has 3 nitrogen and oxygen atoms in total. The van der Waals surface area contributed by atoms with E-state index in [4.69, 9.17) is 0 Å². The van der Waals surface area contributed by atoms with Gasteiger partial charge in [-0.25, -0.2) is 0 Å². The van der Waals surface area contributed by atoms with Crippen molar-refractivity contribution in [3.63, 3.8) is 0 Å². The second-order valence-electron chi connectivity index (χ2n) is 6.07. The monoisotopic (exact) mass is 256 g/mol. The predicted molar refractivity (Wildman–Crippen MR) is 77.9 cm³/mol. The van der Waals surface area contributed by atoms with Crippen LogP contribution in [0, 0.1) is 0 Å². The van der Waals surface area contributed by atoms with Crippen molar-refractivity contribution in [2.24, 2.45) is 0 Å². The standard InChI is InChI=1S/C15H32N2O/c1-4-5-6-7-8-9-10-17-13-15(18)11-14(17)12-16(2)3/h14-15,18H,4-13H2,1-3H3. The van der Waals surface area contributed by atoms with Crippen LogP contribution in [0.2, 0.25) is 0 Å². The molecule has 108 valence electrons. The zero-order chi connectivity index (χ0) is 13.4. The van der Waals surface area contributed by atoms with E-state index in [1.807, 2.05) is 0 Å². The quantitative estimate of drug-likeness (QED) is 0.642. The zero-order valence-corrected chi connectivity index (χ0v) is 12.6. The maximum absolute atomic E-state index is 9.80. The molecule has 18 heavy (non-hydrogen) atoms. The fraction of sp³-hybridized carbons (Fsp3) is 1.00. The van der Waals surface area contributed by atoms with Gasteiger partial charge in [-0.05, 0) is 33.5 Å². The van der Waals surface area contributed by atoms with Gasteiger partial charge in [-0.3, -0.25) is 4.90 Å². The number of unbranched alkanes of at least 4 members (excludes halogenated alkanes) is 5. The largest absolute Gasteiger partial charge is 0.392 e. The van der Waals surface area contributed by atoms with E-state index in [-0.39, 0.29) is 6.10 Å². The average Bonchev–Trinajstić information content (AvgIpc) is 2.63. The summed E-state index contributed by atoms with van der Waals surface area (Å²) in [4.78, 5) is 4.72. The SMILES string of the molecule is CCCCCCCCN1CC(O)CC1CN(C)C. The summed E-state index contributed by atoms with van der Waals surface area (Å²) in [5.41, 5.74) is 0. The second-order valence-corrected chi connectivity index (χ2v) is 6.07. The van der Waals surface area contributed by atoms with Gasteiger partial charge in [0.2, 0.25) is 0 Å². The Morgan fingerprint density at radius 1 is 1.11 bits per heavy atom. The molecule has 1 saturated heterocycles. The Hall–Kier alpha value is -0.120. The van der Waals surface area contributed by atoms with Crippen LogP contribution in [0.4, 0.5) is 0 Å². The number of likely N-dealkylation sites (N-methyl/N-ethyl adjacent to an activating group) is 1. The van der Waals surface area contributed by atoms with Gasteiger partial charge in [0.05, 0.1) is 6.10 Å². The molecular weight excluding hydrogens is 224 g/mol. The molecule has 0 bridgehead atoms. The van der Waals surface area contributed by atoms with Crippen molar-refractivity contribution >= 4 is 0 Å². The Bertz CT molecular complexity index is 209. The van der Waals surface area contributed by atoms with Crippen LogP contribution in [-0.2, 0) is 0 Å². The molecule has 1 rings (SSSR count). The minimum absolute atomic E-state index is 0.102. The van der Waals surface area contributed by atoms with Crippen molar-refractivity contribution in [1.82, 2.24) is 9.80 Å². The summed E-state index contributed by atoms with van der Waals surface area (Å²) < 4.78 is 0. The molecule has 0 aromatic rings. The Labute approximate surface area is 113 Å². The molecule has 0 spiro atoms. The molecule has 2 atom stereocenters. The molecule has 1 fully saturated rings. The highest BCUT2D eigenvalue weighted by Gasteiger charge is 2.30. The van der Waals surface area contributed by atoms with E-state index in [0.717, 1.165) is 19.5 Å². The van der Waals surface area contributed by atoms with Crippen LogP contribution in [0.15, 0.2) is 0 Å². The molecule has 0 amide bonds. The summed E-state index contributed by atoms with van der Waals surface area (Å²) in [7, 11) is 4.24. The number of nitrogens with zero attached hydrogens (tertiary/aromatic N) is 2. The van der Waals surface area contributed by atoms with Gasteiger partial charge in [-0.2, -0.15) is 0 Å². The third-order valence-electron chi connectivity index (χ3n) is 3.88. The van der Waals surface area contributed by atoms with Gasteiger partial charge in [0.15, 0.2) is 0 Å². The smallest absolute Gasteiger partial charge is 0.0682 e. The van der Waals surface area contributed by atoms with E-state index in [1.165, 1.54) is 45.1 Å². The molecule has 1 aliphatic rings. The molecule has 3 heteroatoms. The van der Waals surface area contributed by atoms with Gasteiger partial charge in [0.1, 0.15) is 0 Å². The van der Waals surface area contributed by atoms with Crippen LogP contribution in [0.5, 0.6) is 0 Å². The number of rotatable bonds is 9. The van der Waals surface area contributed by atoms with Crippen molar-refractivity contribution in [2.45, 2.75) is 64.0 Å². The number of hydrogen-bond acceptors (Lipinski definition) is 3. The third kappa shape index (κ3) is 6.17. The summed E-state index contributed by atoms with van der Waals surface area (Å²) in [5, 5.41) is 9.80. The lowest BCUT2D eigenvalue weighted by molar-refractivity contribution is 0.171. The normalized spacial score (nSPS) is 25.2. The highest BCUT2D eigenvalue weighted by atomic mass is 16.3. The molecular formula is C15H32N2O. The van der Waals surface area contributed by atoms with Gasteiger partial charge < -0.3 is 10.0 Å². The van der Waals surface area contributed by atoms with Crippen molar-refractivity contribution in [1.29, 1.82) is 0 Å². The van der Waals surface area contributed by atoms with Crippen molar-refractivity contribution in [3.8, 4) is 0 Å². The van der Waals surface area contributed by atoms with Gasteiger partial charge >= 0.3 is 0 Å². The van der Waals surface area contributed by atoms with E-state index in [0.29, 0.717) is 6.04 Å². The molecule has 1 heterocycles. The maximum atomic E-state index is 9.80. The van der Waals surface area contributed by atoms with E-state index in [2.05, 4.69) is 30.8 Å². The number of β-amino-alcohol motifs (C(OH)–C–C–N with tert-alkyl or cyclic N) is 1. The fourth-order valence-corrected chi connectivity index (χ4v) is 2.94. The maximum Gasteiger partial charge on any atom is 0.0682 e. The molecule has 0 aliphatic carbocycles. The zero-order valence-electron chi connectivity index (χ0n) is 12.6. The van der Waals surface area contributed by atoms with Crippen molar-refractivity contribution in [3.05, 3.63) is 0 Å². The van der Waals surface area contributed by atoms with Gasteiger partial charge in [0.25, 0.3) is 0 Å². The van der Waals surface area contributed by atoms with E-state index < -0.39 is 0 Å². The summed E-state index contributed by atoms with van der Waals surface area (Å²) >= 11 is 0. The summed E-state index contributed by atoms with van der Waals surface area (Å²) in [6, 6.07) is 0.561. The lowest BCUT2D eigenvalue weighted by Gasteiger charge is -2.26. The highest BCUT2D eigenvalue weighted by Crippen LogP contribution is 2.19. The number of likely N-dealkylation sites (tertiary alicyclic amines) is 1. The first-order chi connectivity index (χ1) is 8.63. The molecule has 0 radical (unpaired) electrons. The summed E-state index contributed by atoms with van der Waals surface area (Å²) in [6.45, 7) is 5.39. The van der Waals surface area contributed by atoms with Crippen LogP contribution in [0.1, 0.15) is 51.9 Å². The number of aliphatic hydroxyl groups excluding tert-OH is 1. The first kappa shape index (κ1) is 15.9.